The van der Waals surface area contributed by atoms with Gasteiger partial charge < -0.3 is 10.6 Å². The molecule has 2 heteroatoms. The normalized spacial score (nSPS) is 17.7. The van der Waals surface area contributed by atoms with Gasteiger partial charge >= 0.3 is 0 Å². The van der Waals surface area contributed by atoms with E-state index < -0.39 is 0 Å². The second kappa shape index (κ2) is 7.50. The Kier molecular flexibility index (Phi) is 4.96. The fourth-order valence-electron chi connectivity index (χ4n) is 3.34. The van der Waals surface area contributed by atoms with Gasteiger partial charge in [0.15, 0.2) is 0 Å². The second-order valence-electron chi connectivity index (χ2n) is 7.34. The molecular weight excluding hydrogens is 292 g/mol. The summed E-state index contributed by atoms with van der Waals surface area (Å²) in [7, 11) is 0. The molecular formula is C22H27N2. The standard InChI is InChI=1S/C22H27N2/c1-2-10-22(20(6-1)16-23-14-17-11-12-17)19-7-3-5-18(13-19)15-24-21-8-4-9-21/h1-3,6-7,10,13,17,21,23-24H,4,8-9,11-12,14-16H2. The minimum Gasteiger partial charge on any atom is -0.312 e. The van der Waals surface area contributed by atoms with Crippen molar-refractivity contribution >= 4 is 0 Å². The maximum atomic E-state index is 3.64. The van der Waals surface area contributed by atoms with Gasteiger partial charge in [-0.15, -0.1) is 0 Å². The summed E-state index contributed by atoms with van der Waals surface area (Å²) in [6.07, 6.45) is 6.84. The highest BCUT2D eigenvalue weighted by Gasteiger charge is 2.20. The number of benzene rings is 2. The van der Waals surface area contributed by atoms with Crippen LogP contribution in [0.15, 0.2) is 42.5 Å². The van der Waals surface area contributed by atoms with E-state index in [4.69, 9.17) is 0 Å². The minimum absolute atomic E-state index is 0.723. The van der Waals surface area contributed by atoms with Crippen molar-refractivity contribution in [3.8, 4) is 11.1 Å². The molecule has 0 bridgehead atoms. The Morgan fingerprint density at radius 2 is 1.88 bits per heavy atom. The Morgan fingerprint density at radius 3 is 2.67 bits per heavy atom. The molecule has 1 radical (unpaired) electrons. The molecule has 2 N–H and O–H groups in total. The van der Waals surface area contributed by atoms with Crippen molar-refractivity contribution in [2.24, 2.45) is 5.92 Å². The van der Waals surface area contributed by atoms with Gasteiger partial charge in [0.25, 0.3) is 0 Å². The summed E-state index contributed by atoms with van der Waals surface area (Å²) in [6.45, 7) is 3.05. The molecule has 0 amide bonds. The van der Waals surface area contributed by atoms with E-state index in [9.17, 15) is 0 Å². The lowest BCUT2D eigenvalue weighted by molar-refractivity contribution is 0.338. The van der Waals surface area contributed by atoms with Crippen LogP contribution in [0, 0.1) is 12.0 Å². The van der Waals surface area contributed by atoms with Crippen LogP contribution in [-0.2, 0) is 13.1 Å². The Morgan fingerprint density at radius 1 is 1.00 bits per heavy atom. The molecule has 0 aliphatic heterocycles. The monoisotopic (exact) mass is 319 g/mol. The van der Waals surface area contributed by atoms with Crippen molar-refractivity contribution in [3.63, 3.8) is 0 Å². The Labute approximate surface area is 145 Å². The predicted molar refractivity (Wildman–Crippen MR) is 99.6 cm³/mol. The van der Waals surface area contributed by atoms with Gasteiger partial charge in [0, 0.05) is 19.1 Å². The third-order valence-corrected chi connectivity index (χ3v) is 5.32. The van der Waals surface area contributed by atoms with Crippen LogP contribution in [0.2, 0.25) is 0 Å². The molecule has 0 atom stereocenters. The highest BCUT2D eigenvalue weighted by atomic mass is 14.9. The third-order valence-electron chi connectivity index (χ3n) is 5.32. The number of nitrogens with one attached hydrogen (secondary N) is 2. The number of hydrogen-bond acceptors (Lipinski definition) is 2. The van der Waals surface area contributed by atoms with Gasteiger partial charge in [-0.2, -0.15) is 0 Å². The summed E-state index contributed by atoms with van der Waals surface area (Å²) in [5.74, 6) is 0.924. The SMILES string of the molecule is [c]1ccc(-c2ccccc2CNCC2CC2)cc1CNC1CCC1. The molecule has 2 aromatic carbocycles. The molecule has 0 saturated heterocycles. The van der Waals surface area contributed by atoms with Gasteiger partial charge in [-0.25, -0.2) is 0 Å². The Balaban J connectivity index is 1.45. The van der Waals surface area contributed by atoms with Crippen LogP contribution >= 0.6 is 0 Å². The Hall–Kier alpha value is -1.64. The lowest BCUT2D eigenvalue weighted by Gasteiger charge is -2.26. The summed E-state index contributed by atoms with van der Waals surface area (Å²) >= 11 is 0. The molecule has 0 heterocycles. The summed E-state index contributed by atoms with van der Waals surface area (Å²) in [5.41, 5.74) is 5.31. The van der Waals surface area contributed by atoms with Gasteiger partial charge in [0.2, 0.25) is 0 Å². The van der Waals surface area contributed by atoms with Gasteiger partial charge in [-0.05, 0) is 72.5 Å². The van der Waals surface area contributed by atoms with E-state index in [2.05, 4.69) is 59.2 Å². The van der Waals surface area contributed by atoms with Crippen LogP contribution < -0.4 is 10.6 Å². The molecule has 2 aliphatic rings. The molecule has 2 fully saturated rings. The molecule has 125 valence electrons. The van der Waals surface area contributed by atoms with Gasteiger partial charge in [0.05, 0.1) is 0 Å². The van der Waals surface area contributed by atoms with E-state index in [1.807, 2.05) is 0 Å². The van der Waals surface area contributed by atoms with E-state index in [0.29, 0.717) is 0 Å². The predicted octanol–water partition coefficient (Wildman–Crippen LogP) is 4.30. The first-order valence-electron chi connectivity index (χ1n) is 9.41. The smallest absolute Gasteiger partial charge is 0.0214 e. The van der Waals surface area contributed by atoms with Crippen LogP contribution in [0.3, 0.4) is 0 Å². The van der Waals surface area contributed by atoms with Crippen molar-refractivity contribution in [1.29, 1.82) is 0 Å². The van der Waals surface area contributed by atoms with E-state index in [0.717, 1.165) is 31.6 Å². The van der Waals surface area contributed by atoms with Gasteiger partial charge in [-0.1, -0.05) is 42.8 Å². The largest absolute Gasteiger partial charge is 0.312 e. The zero-order chi connectivity index (χ0) is 16.2. The second-order valence-corrected chi connectivity index (χ2v) is 7.34. The Bertz CT molecular complexity index is 671. The minimum atomic E-state index is 0.723. The van der Waals surface area contributed by atoms with Crippen LogP contribution in [0.25, 0.3) is 11.1 Å². The zero-order valence-corrected chi connectivity index (χ0v) is 14.4. The van der Waals surface area contributed by atoms with Crippen molar-refractivity contribution < 1.29 is 0 Å². The summed E-state index contributed by atoms with van der Waals surface area (Å²) < 4.78 is 0. The lowest BCUT2D eigenvalue weighted by atomic mass is 9.93. The van der Waals surface area contributed by atoms with Gasteiger partial charge in [-0.3, -0.25) is 0 Å². The molecule has 4 rings (SSSR count). The van der Waals surface area contributed by atoms with Crippen LogP contribution in [0.5, 0.6) is 0 Å². The van der Waals surface area contributed by atoms with E-state index in [1.54, 1.807) is 0 Å². The first-order valence-corrected chi connectivity index (χ1v) is 9.41. The third kappa shape index (κ3) is 4.06. The van der Waals surface area contributed by atoms with Crippen molar-refractivity contribution in [2.45, 2.75) is 51.2 Å². The lowest BCUT2D eigenvalue weighted by Crippen LogP contribution is -2.34. The fourth-order valence-corrected chi connectivity index (χ4v) is 3.34. The average molecular weight is 319 g/mol. The highest BCUT2D eigenvalue weighted by molar-refractivity contribution is 5.67. The van der Waals surface area contributed by atoms with Crippen LogP contribution in [-0.4, -0.2) is 12.6 Å². The van der Waals surface area contributed by atoms with Crippen molar-refractivity contribution in [3.05, 3.63) is 59.7 Å². The highest BCUT2D eigenvalue weighted by Crippen LogP contribution is 2.28. The average Bonchev–Trinajstić information content (AvgIpc) is 3.39. The molecule has 0 aromatic heterocycles. The number of rotatable bonds is 8. The summed E-state index contributed by atoms with van der Waals surface area (Å²) in [6, 6.07) is 19.4. The van der Waals surface area contributed by atoms with E-state index >= 15 is 0 Å². The van der Waals surface area contributed by atoms with Crippen LogP contribution in [0.1, 0.15) is 43.2 Å². The fraction of sp³-hybridized carbons (Fsp3) is 0.455. The van der Waals surface area contributed by atoms with E-state index in [-0.39, 0.29) is 0 Å². The maximum absolute atomic E-state index is 3.64. The molecule has 2 aliphatic carbocycles. The quantitative estimate of drug-likeness (QED) is 0.758. The molecule has 0 spiro atoms. The summed E-state index contributed by atoms with van der Waals surface area (Å²) in [5, 5.41) is 7.26. The first kappa shape index (κ1) is 15.9. The molecule has 2 aromatic rings. The van der Waals surface area contributed by atoms with Crippen molar-refractivity contribution in [2.75, 3.05) is 6.54 Å². The maximum Gasteiger partial charge on any atom is 0.0214 e. The van der Waals surface area contributed by atoms with Gasteiger partial charge in [0.1, 0.15) is 0 Å². The van der Waals surface area contributed by atoms with Crippen LogP contribution in [0.4, 0.5) is 0 Å². The molecule has 0 unspecified atom stereocenters. The molecule has 2 saturated carbocycles. The van der Waals surface area contributed by atoms with E-state index in [1.165, 1.54) is 54.4 Å². The topological polar surface area (TPSA) is 24.1 Å². The van der Waals surface area contributed by atoms with Crippen molar-refractivity contribution in [1.82, 2.24) is 10.6 Å². The zero-order valence-electron chi connectivity index (χ0n) is 14.4. The number of hydrogen-bond donors (Lipinski definition) is 2. The molecule has 2 nitrogen and oxygen atoms in total. The molecule has 24 heavy (non-hydrogen) atoms. The summed E-state index contributed by atoms with van der Waals surface area (Å²) in [4.78, 5) is 0. The first-order chi connectivity index (χ1) is 11.9.